The van der Waals surface area contributed by atoms with E-state index in [1.54, 1.807) is 0 Å². The lowest BCUT2D eigenvalue weighted by atomic mass is 10.3. The molecule has 2 N–H and O–H groups in total. The first kappa shape index (κ1) is 9.35. The molecule has 0 rings (SSSR count). The summed E-state index contributed by atoms with van der Waals surface area (Å²) in [5.74, 6) is -0.938. The second kappa shape index (κ2) is 3.50. The van der Waals surface area contributed by atoms with Crippen molar-refractivity contribution in [3.63, 3.8) is 0 Å². The highest BCUT2D eigenvalue weighted by Gasteiger charge is 2.13. The fourth-order valence-corrected chi connectivity index (χ4v) is 0.346. The van der Waals surface area contributed by atoms with Crippen molar-refractivity contribution in [3.05, 3.63) is 46.6 Å². The summed E-state index contributed by atoms with van der Waals surface area (Å²) < 4.78 is 12.4. The predicted octanol–water partition coefficient (Wildman–Crippen LogP) is 1.10. The number of allylic oxidation sites excluding steroid dienone is 2. The van der Waals surface area contributed by atoms with Crippen LogP contribution in [0.25, 0.3) is 0 Å². The molecule has 0 fully saturated rings. The maximum Gasteiger partial charge on any atom is 0.288 e. The lowest BCUT2D eigenvalue weighted by Crippen LogP contribution is -2.09. The third-order valence-corrected chi connectivity index (χ3v) is 0.968. The Kier molecular flexibility index (Phi) is 2.98. The topological polar surface area (TPSA) is 69.2 Å². The predicted molar refractivity (Wildman–Crippen MR) is 38.7 cm³/mol. The summed E-state index contributed by atoms with van der Waals surface area (Å²) in [6, 6.07) is 0. The Bertz CT molecular complexity index is 245. The lowest BCUT2D eigenvalue weighted by molar-refractivity contribution is -0.420. The van der Waals surface area contributed by atoms with Gasteiger partial charge in [-0.05, 0) is 12.7 Å². The molecule has 5 heteroatoms. The van der Waals surface area contributed by atoms with Crippen molar-refractivity contribution >= 4 is 0 Å². The molecule has 0 spiro atoms. The summed E-state index contributed by atoms with van der Waals surface area (Å²) in [4.78, 5) is 9.09. The van der Waals surface area contributed by atoms with Crippen molar-refractivity contribution in [2.45, 2.75) is 0 Å². The molecule has 0 aliphatic carbocycles. The molecule has 11 heavy (non-hydrogen) atoms. The van der Waals surface area contributed by atoms with E-state index in [1.165, 1.54) is 0 Å². The van der Waals surface area contributed by atoms with Crippen LogP contribution in [0.2, 0.25) is 0 Å². The Morgan fingerprint density at radius 3 is 2.45 bits per heavy atom. The van der Waals surface area contributed by atoms with E-state index in [2.05, 4.69) is 13.2 Å². The van der Waals surface area contributed by atoms with E-state index in [0.717, 1.165) is 6.08 Å². The molecular weight excluding hydrogens is 151 g/mol. The van der Waals surface area contributed by atoms with E-state index in [0.29, 0.717) is 0 Å². The SMILES string of the molecule is C=C/C(F)=C(/N)C(=C)[N+](=O)[O-]. The molecule has 0 heterocycles. The van der Waals surface area contributed by atoms with Crippen molar-refractivity contribution in [1.82, 2.24) is 0 Å². The van der Waals surface area contributed by atoms with Crippen molar-refractivity contribution in [2.24, 2.45) is 5.73 Å². The van der Waals surface area contributed by atoms with E-state index in [1.807, 2.05) is 0 Å². The van der Waals surface area contributed by atoms with Crippen molar-refractivity contribution in [3.8, 4) is 0 Å². The number of hydrogen-bond donors (Lipinski definition) is 1. The molecule has 0 amide bonds. The second-order valence-corrected chi connectivity index (χ2v) is 1.67. The van der Waals surface area contributed by atoms with Crippen LogP contribution in [-0.4, -0.2) is 4.92 Å². The third kappa shape index (κ3) is 2.21. The van der Waals surface area contributed by atoms with Crippen LogP contribution in [-0.2, 0) is 0 Å². The van der Waals surface area contributed by atoms with E-state index in [4.69, 9.17) is 5.73 Å². The maximum absolute atomic E-state index is 12.4. The summed E-state index contributed by atoms with van der Waals surface area (Å²) >= 11 is 0. The molecule has 0 unspecified atom stereocenters. The van der Waals surface area contributed by atoms with Gasteiger partial charge >= 0.3 is 0 Å². The summed E-state index contributed by atoms with van der Waals surface area (Å²) in [5, 5.41) is 9.95. The quantitative estimate of drug-likeness (QED) is 0.380. The standard InChI is InChI=1S/C6H7FN2O2/c1-3-5(7)6(8)4(2)9(10)11/h3H,1-2,8H2/b6-5-. The zero-order valence-corrected chi connectivity index (χ0v) is 5.71. The van der Waals surface area contributed by atoms with Gasteiger partial charge in [-0.2, -0.15) is 0 Å². The number of rotatable bonds is 3. The van der Waals surface area contributed by atoms with Gasteiger partial charge in [-0.3, -0.25) is 10.1 Å². The molecule has 0 atom stereocenters. The van der Waals surface area contributed by atoms with Gasteiger partial charge in [-0.15, -0.1) is 0 Å². The highest BCUT2D eigenvalue weighted by atomic mass is 19.1. The van der Waals surface area contributed by atoms with Crippen molar-refractivity contribution in [2.75, 3.05) is 0 Å². The Balaban J connectivity index is 4.74. The van der Waals surface area contributed by atoms with Crippen LogP contribution in [0.5, 0.6) is 0 Å². The molecule has 60 valence electrons. The van der Waals surface area contributed by atoms with Crippen LogP contribution >= 0.6 is 0 Å². The number of nitro groups is 1. The monoisotopic (exact) mass is 158 g/mol. The largest absolute Gasteiger partial charge is 0.391 e. The molecule has 0 bridgehead atoms. The highest BCUT2D eigenvalue weighted by Crippen LogP contribution is 2.09. The molecule has 0 aliphatic heterocycles. The van der Waals surface area contributed by atoms with Gasteiger partial charge in [0.1, 0.15) is 5.70 Å². The second-order valence-electron chi connectivity index (χ2n) is 1.67. The van der Waals surface area contributed by atoms with Crippen LogP contribution in [0.1, 0.15) is 0 Å². The van der Waals surface area contributed by atoms with Gasteiger partial charge in [0.05, 0.1) is 4.92 Å². The minimum absolute atomic E-state index is 0.593. The van der Waals surface area contributed by atoms with E-state index in [9.17, 15) is 14.5 Å². The van der Waals surface area contributed by atoms with Crippen molar-refractivity contribution in [1.29, 1.82) is 0 Å². The molecule has 0 aromatic carbocycles. The summed E-state index contributed by atoms with van der Waals surface area (Å²) in [6.07, 6.45) is 0.782. The van der Waals surface area contributed by atoms with Gasteiger partial charge in [0.15, 0.2) is 5.83 Å². The highest BCUT2D eigenvalue weighted by molar-refractivity contribution is 5.27. The fourth-order valence-electron chi connectivity index (χ4n) is 0.346. The first-order chi connectivity index (χ1) is 5.00. The molecule has 0 aliphatic rings. The van der Waals surface area contributed by atoms with E-state index in [-0.39, 0.29) is 0 Å². The van der Waals surface area contributed by atoms with Gasteiger partial charge in [0.25, 0.3) is 5.70 Å². The molecular formula is C6H7FN2O2. The van der Waals surface area contributed by atoms with Crippen LogP contribution in [0.15, 0.2) is 36.5 Å². The number of hydrogen-bond acceptors (Lipinski definition) is 3. The van der Waals surface area contributed by atoms with Gasteiger partial charge in [0.2, 0.25) is 0 Å². The Hall–Kier alpha value is -1.65. The minimum Gasteiger partial charge on any atom is -0.391 e. The summed E-state index contributed by atoms with van der Waals surface area (Å²) in [6.45, 7) is 6.00. The zero-order chi connectivity index (χ0) is 9.02. The number of nitrogens with zero attached hydrogens (tertiary/aromatic N) is 1. The van der Waals surface area contributed by atoms with Crippen LogP contribution in [0, 0.1) is 10.1 Å². The number of halogens is 1. The number of nitrogens with two attached hydrogens (primary N) is 1. The average molecular weight is 158 g/mol. The fraction of sp³-hybridized carbons (Fsp3) is 0. The van der Waals surface area contributed by atoms with Gasteiger partial charge in [0, 0.05) is 0 Å². The first-order valence-electron chi connectivity index (χ1n) is 2.62. The molecule has 0 radical (unpaired) electrons. The van der Waals surface area contributed by atoms with E-state index >= 15 is 0 Å². The van der Waals surface area contributed by atoms with Crippen LogP contribution in [0.3, 0.4) is 0 Å². The molecule has 0 saturated heterocycles. The summed E-state index contributed by atoms with van der Waals surface area (Å²) in [5.41, 5.74) is 3.71. The minimum atomic E-state index is -0.938. The van der Waals surface area contributed by atoms with E-state index < -0.39 is 22.1 Å². The zero-order valence-electron chi connectivity index (χ0n) is 5.71. The van der Waals surface area contributed by atoms with Crippen LogP contribution in [0.4, 0.5) is 4.39 Å². The summed E-state index contributed by atoms with van der Waals surface area (Å²) in [7, 11) is 0. The molecule has 0 aromatic rings. The lowest BCUT2D eigenvalue weighted by Gasteiger charge is -1.95. The normalized spacial score (nSPS) is 11.7. The molecule has 0 aromatic heterocycles. The van der Waals surface area contributed by atoms with Gasteiger partial charge in [-0.25, -0.2) is 4.39 Å². The maximum atomic E-state index is 12.4. The van der Waals surface area contributed by atoms with Gasteiger partial charge < -0.3 is 5.73 Å². The Morgan fingerprint density at radius 1 is 1.73 bits per heavy atom. The van der Waals surface area contributed by atoms with Crippen molar-refractivity contribution < 1.29 is 9.31 Å². The molecule has 4 nitrogen and oxygen atoms in total. The average Bonchev–Trinajstić information content (AvgIpc) is 2.00. The third-order valence-electron chi connectivity index (χ3n) is 0.968. The smallest absolute Gasteiger partial charge is 0.288 e. The van der Waals surface area contributed by atoms with Gasteiger partial charge in [-0.1, -0.05) is 6.58 Å². The Morgan fingerprint density at radius 2 is 2.18 bits per heavy atom. The first-order valence-corrected chi connectivity index (χ1v) is 2.62. The Labute approximate surface area is 62.7 Å². The van der Waals surface area contributed by atoms with Crippen LogP contribution < -0.4 is 5.73 Å². The molecule has 0 saturated carbocycles.